The van der Waals surface area contributed by atoms with E-state index in [1.54, 1.807) is 110 Å². The number of phenolic OH excluding ortho intramolecular Hbond substituents is 16. The second-order valence-corrected chi connectivity index (χ2v) is 30.5. The number of halogens is 3. The molecule has 0 amide bonds. The molecule has 16 nitrogen and oxygen atoms in total. The van der Waals surface area contributed by atoms with Crippen molar-refractivity contribution < 1.29 is 94.9 Å². The van der Waals surface area contributed by atoms with E-state index in [1.807, 2.05) is 145 Å². The molecule has 642 valence electrons. The van der Waals surface area contributed by atoms with Crippen molar-refractivity contribution in [3.8, 4) is 92.0 Å². The monoisotopic (exact) mass is 1710 g/mol. The molecule has 0 unspecified atom stereocenters. The lowest BCUT2D eigenvalue weighted by atomic mass is 9.98. The Kier molecular flexibility index (Phi) is 49.1. The van der Waals surface area contributed by atoms with Gasteiger partial charge in [-0.1, -0.05) is 235 Å². The van der Waals surface area contributed by atoms with Gasteiger partial charge in [-0.15, -0.1) is 0 Å². The van der Waals surface area contributed by atoms with E-state index in [4.69, 9.17) is 51.1 Å². The summed E-state index contributed by atoms with van der Waals surface area (Å²) in [6, 6.07) is 65.7. The first kappa shape index (κ1) is 106. The quantitative estimate of drug-likeness (QED) is 0.0505. The lowest BCUT2D eigenvalue weighted by Crippen LogP contribution is -2.06. The van der Waals surface area contributed by atoms with Crippen molar-refractivity contribution in [1.29, 1.82) is 0 Å². The highest BCUT2D eigenvalue weighted by Gasteiger charge is 2.31. The molecule has 0 aliphatic carbocycles. The first-order chi connectivity index (χ1) is 56.2. The van der Waals surface area contributed by atoms with Crippen molar-refractivity contribution >= 4 is 47.0 Å². The minimum Gasteiger partial charge on any atom is -0.508 e. The first-order valence-corrected chi connectivity index (χ1v) is 41.8. The molecule has 12 aromatic rings. The summed E-state index contributed by atoms with van der Waals surface area (Å²) in [5.41, 5.74) is 7.08. The van der Waals surface area contributed by atoms with Crippen LogP contribution in [-0.4, -0.2) is 81.7 Å². The summed E-state index contributed by atoms with van der Waals surface area (Å²) in [5, 5.41) is 148. The van der Waals surface area contributed by atoms with Crippen LogP contribution in [0.4, 0.5) is 13.2 Å². The number of hydrogen-bond donors (Lipinski definition) is 16. The van der Waals surface area contributed by atoms with Crippen LogP contribution in [-0.2, 0) is 6.18 Å². The Hall–Kier alpha value is -11.4. The van der Waals surface area contributed by atoms with Gasteiger partial charge in [0.15, 0.2) is 23.0 Å². The normalized spacial score (nSPS) is 10.1. The molecule has 0 fully saturated rings. The molecule has 0 heterocycles. The molecule has 119 heavy (non-hydrogen) atoms. The van der Waals surface area contributed by atoms with Gasteiger partial charge in [-0.2, -0.15) is 13.2 Å². The summed E-state index contributed by atoms with van der Waals surface area (Å²) in [6.45, 7) is 38.3. The topological polar surface area (TPSA) is 324 Å². The molecule has 12 aromatic carbocycles. The third-order valence-corrected chi connectivity index (χ3v) is 19.8. The van der Waals surface area contributed by atoms with Crippen molar-refractivity contribution in [2.75, 3.05) is 0 Å². The Bertz CT molecular complexity index is 4560. The lowest BCUT2D eigenvalue weighted by Gasteiger charge is -2.12. The van der Waals surface area contributed by atoms with Gasteiger partial charge >= 0.3 is 6.18 Å². The predicted molar refractivity (Wildman–Crippen MR) is 481 cm³/mol. The molecule has 12 rings (SSSR count). The van der Waals surface area contributed by atoms with Crippen molar-refractivity contribution in [3.63, 3.8) is 0 Å². The van der Waals surface area contributed by atoms with Gasteiger partial charge in [0, 0.05) is 34.1 Å². The number of rotatable bonds is 12. The molecule has 16 N–H and O–H groups in total. The molecule has 0 radical (unpaired) electrons. The maximum atomic E-state index is 12.4. The van der Waals surface area contributed by atoms with Crippen LogP contribution in [0.3, 0.4) is 0 Å². The number of aromatic hydroxyl groups is 16. The van der Waals surface area contributed by atoms with E-state index in [9.17, 15) is 43.8 Å². The van der Waals surface area contributed by atoms with Crippen LogP contribution in [0, 0.1) is 20.8 Å². The molecule has 0 bridgehead atoms. The highest BCUT2D eigenvalue weighted by molar-refractivity contribution is 8.00. The third kappa shape index (κ3) is 40.1. The molecule has 0 aliphatic rings. The average Bonchev–Trinajstić information content (AvgIpc) is 0.840. The second kappa shape index (κ2) is 55.3. The zero-order chi connectivity index (χ0) is 90.4. The predicted octanol–water partition coefficient (Wildman–Crippen LogP) is 27.9. The molecular formula is C96H117F3O16S4. The van der Waals surface area contributed by atoms with Crippen LogP contribution < -0.4 is 0 Å². The van der Waals surface area contributed by atoms with Crippen LogP contribution >= 0.6 is 47.0 Å². The van der Waals surface area contributed by atoms with Gasteiger partial charge in [-0.05, 0) is 224 Å². The highest BCUT2D eigenvalue weighted by Crippen LogP contribution is 2.44. The van der Waals surface area contributed by atoms with Crippen LogP contribution in [0.15, 0.2) is 282 Å². The van der Waals surface area contributed by atoms with Crippen LogP contribution in [0.1, 0.15) is 179 Å². The number of alkyl halides is 3. The van der Waals surface area contributed by atoms with Gasteiger partial charge in [0.25, 0.3) is 0 Å². The Morgan fingerprint density at radius 2 is 0.471 bits per heavy atom. The Morgan fingerprint density at radius 1 is 0.218 bits per heavy atom. The van der Waals surface area contributed by atoms with E-state index in [0.717, 1.165) is 59.8 Å². The van der Waals surface area contributed by atoms with Gasteiger partial charge in [0.2, 0.25) is 0 Å². The van der Waals surface area contributed by atoms with Gasteiger partial charge in [0.05, 0.1) is 34.9 Å². The number of phenols is 16. The Balaban J connectivity index is 0.000000675. The summed E-state index contributed by atoms with van der Waals surface area (Å²) in [4.78, 5) is 5.59. The minimum atomic E-state index is -4.24. The van der Waals surface area contributed by atoms with Crippen molar-refractivity contribution in [3.05, 3.63) is 287 Å². The van der Waals surface area contributed by atoms with Crippen molar-refractivity contribution in [2.45, 2.75) is 201 Å². The molecule has 0 atom stereocenters. The standard InChI is InChI=1S/2C12H10O4S.2C12H10O2S.C11H13F3.C11H16.2C9H12O2.4C2H6/c2*13-7-1-3-11(9(15)5-7)17-12-4-2-8(14)6-10(12)16;2*13-9-5-7-10(8-6-9)15-12-4-2-1-3-11(12)14;1-7(2)9-4-8(3)5-10(6-9)11(12,13)14;1-8(2)11-6-9(3)5-10(4)7-11;2*1-6(2)7-3-4-8(10)9(11)5-7;4*1-2/h2*1-6,13-16H;2*1-8,13-14H;4-7H,1-3H3;5-8H,1-4H3;2*3-6,10-11H,1-2H3;4*1-2H3. The fourth-order valence-corrected chi connectivity index (χ4v) is 12.8. The van der Waals surface area contributed by atoms with E-state index >= 15 is 0 Å². The smallest absolute Gasteiger partial charge is 0.416 e. The number of aryl methyl sites for hydroxylation is 3. The lowest BCUT2D eigenvalue weighted by molar-refractivity contribution is -0.137. The zero-order valence-corrected chi connectivity index (χ0v) is 74.1. The number of hydrogen-bond acceptors (Lipinski definition) is 20. The van der Waals surface area contributed by atoms with Crippen LogP contribution in [0.25, 0.3) is 0 Å². The maximum absolute atomic E-state index is 12.4. The molecule has 23 heteroatoms. The highest BCUT2D eigenvalue weighted by atomic mass is 32.2. The molecule has 0 spiro atoms. The van der Waals surface area contributed by atoms with Gasteiger partial charge in [-0.25, -0.2) is 0 Å². The number of benzene rings is 12. The van der Waals surface area contributed by atoms with Crippen molar-refractivity contribution in [2.24, 2.45) is 0 Å². The van der Waals surface area contributed by atoms with Gasteiger partial charge < -0.3 is 81.7 Å². The first-order valence-electron chi connectivity index (χ1n) is 38.5. The molecule has 0 saturated carbocycles. The SMILES string of the molecule is CC.CC.CC.CC.CC(C)c1ccc(O)c(O)c1.CC(C)c1ccc(O)c(O)c1.Cc1cc(C(C)C)cc(C(F)(F)F)c1.Cc1cc(C)cc(C(C)C)c1.Oc1ccc(Sc2ccc(O)cc2O)c(O)c1.Oc1ccc(Sc2ccc(O)cc2O)c(O)c1.Oc1ccc(Sc2ccccc2O)cc1.Oc1ccc(Sc2ccccc2O)cc1. The molecular weight excluding hydrogens is 1590 g/mol. The summed E-state index contributed by atoms with van der Waals surface area (Å²) >= 11 is 5.20. The van der Waals surface area contributed by atoms with Gasteiger partial charge in [0.1, 0.15) is 69.0 Å². The van der Waals surface area contributed by atoms with E-state index in [2.05, 4.69) is 45.9 Å². The van der Waals surface area contributed by atoms with E-state index < -0.39 is 11.7 Å². The minimum absolute atomic E-state index is 0.0261. The average molecular weight is 1710 g/mol. The van der Waals surface area contributed by atoms with E-state index in [1.165, 1.54) is 113 Å². The van der Waals surface area contributed by atoms with Gasteiger partial charge in [-0.3, -0.25) is 0 Å². The fourth-order valence-electron chi connectivity index (χ4n) is 9.43. The third-order valence-electron chi connectivity index (χ3n) is 15.4. The zero-order valence-electron chi connectivity index (χ0n) is 70.8. The Morgan fingerprint density at radius 3 is 0.723 bits per heavy atom. The van der Waals surface area contributed by atoms with E-state index in [-0.39, 0.29) is 97.9 Å². The van der Waals surface area contributed by atoms with Crippen molar-refractivity contribution in [1.82, 2.24) is 0 Å². The summed E-state index contributed by atoms with van der Waals surface area (Å²) in [7, 11) is 0. The van der Waals surface area contributed by atoms with Crippen LogP contribution in [0.5, 0.6) is 92.0 Å². The molecule has 0 aliphatic heterocycles. The van der Waals surface area contributed by atoms with E-state index in [0.29, 0.717) is 42.9 Å². The molecule has 0 saturated heterocycles. The maximum Gasteiger partial charge on any atom is 0.416 e. The molecule has 0 aromatic heterocycles. The van der Waals surface area contributed by atoms with Crippen LogP contribution in [0.2, 0.25) is 0 Å². The largest absolute Gasteiger partial charge is 0.508 e. The summed E-state index contributed by atoms with van der Waals surface area (Å²) in [6.07, 6.45) is -4.24. The summed E-state index contributed by atoms with van der Waals surface area (Å²) < 4.78 is 37.2. The summed E-state index contributed by atoms with van der Waals surface area (Å²) in [5.74, 6) is 1.98. The fraction of sp³-hybridized carbons (Fsp3) is 0.250. The number of para-hydroxylation sites is 2. The Labute approximate surface area is 717 Å². The second-order valence-electron chi connectivity index (χ2n) is 26.1.